The molecule has 1 unspecified atom stereocenters. The van der Waals surface area contributed by atoms with Crippen molar-refractivity contribution in [1.82, 2.24) is 14.3 Å². The Hall–Kier alpha value is -0.170. The lowest BCUT2D eigenvalue weighted by Crippen LogP contribution is -2.47. The summed E-state index contributed by atoms with van der Waals surface area (Å²) in [4.78, 5) is 0. The maximum Gasteiger partial charge on any atom is 0.279 e. The number of piperidine rings is 1. The van der Waals surface area contributed by atoms with Crippen LogP contribution in [0.25, 0.3) is 0 Å². The highest BCUT2D eigenvalue weighted by Gasteiger charge is 2.27. The topological polar surface area (TPSA) is 61.4 Å². The van der Waals surface area contributed by atoms with E-state index in [1.54, 1.807) is 4.31 Å². The van der Waals surface area contributed by atoms with Gasteiger partial charge in [-0.05, 0) is 43.7 Å². The van der Waals surface area contributed by atoms with Gasteiger partial charge >= 0.3 is 0 Å². The second-order valence-electron chi connectivity index (χ2n) is 6.22. The number of rotatable bonds is 8. The minimum Gasteiger partial charge on any atom is -0.317 e. The van der Waals surface area contributed by atoms with Gasteiger partial charge in [-0.1, -0.05) is 27.7 Å². The van der Waals surface area contributed by atoms with E-state index in [1.165, 1.54) is 0 Å². The molecule has 0 bridgehead atoms. The molecule has 0 aromatic rings. The molecule has 5 nitrogen and oxygen atoms in total. The summed E-state index contributed by atoms with van der Waals surface area (Å²) in [5, 5.41) is 3.34. The van der Waals surface area contributed by atoms with Crippen LogP contribution in [0.15, 0.2) is 0 Å². The monoisotopic (exact) mass is 305 g/mol. The van der Waals surface area contributed by atoms with Crippen molar-refractivity contribution < 1.29 is 8.42 Å². The predicted molar refractivity (Wildman–Crippen MR) is 83.8 cm³/mol. The maximum atomic E-state index is 12.2. The summed E-state index contributed by atoms with van der Waals surface area (Å²) in [6.45, 7) is 12.2. The molecule has 0 spiro atoms. The molecule has 1 heterocycles. The minimum absolute atomic E-state index is 0.357. The maximum absolute atomic E-state index is 12.2. The van der Waals surface area contributed by atoms with E-state index >= 15 is 0 Å². The van der Waals surface area contributed by atoms with Crippen LogP contribution in [0, 0.1) is 17.8 Å². The molecule has 120 valence electrons. The van der Waals surface area contributed by atoms with Crippen LogP contribution in [0.1, 0.15) is 40.5 Å². The zero-order valence-electron chi connectivity index (χ0n) is 13.4. The van der Waals surface area contributed by atoms with Crippen molar-refractivity contribution in [2.45, 2.75) is 40.5 Å². The van der Waals surface area contributed by atoms with Crippen molar-refractivity contribution in [3.8, 4) is 0 Å². The molecule has 0 saturated carbocycles. The Kier molecular flexibility index (Phi) is 7.43. The summed E-state index contributed by atoms with van der Waals surface area (Å²) < 4.78 is 28.8. The van der Waals surface area contributed by atoms with Crippen LogP contribution in [0.5, 0.6) is 0 Å². The lowest BCUT2D eigenvalue weighted by atomic mass is 9.98. The molecule has 20 heavy (non-hydrogen) atoms. The third-order valence-electron chi connectivity index (χ3n) is 4.32. The smallest absolute Gasteiger partial charge is 0.279 e. The summed E-state index contributed by atoms with van der Waals surface area (Å²) in [7, 11) is -3.29. The van der Waals surface area contributed by atoms with E-state index in [1.807, 2.05) is 0 Å². The molecule has 0 radical (unpaired) electrons. The normalized spacial score (nSPS) is 20.4. The molecule has 0 amide bonds. The molecule has 1 rings (SSSR count). The molecule has 2 N–H and O–H groups in total. The van der Waals surface area contributed by atoms with E-state index in [-0.39, 0.29) is 0 Å². The van der Waals surface area contributed by atoms with Crippen molar-refractivity contribution in [3.05, 3.63) is 0 Å². The Morgan fingerprint density at radius 3 is 2.30 bits per heavy atom. The fourth-order valence-electron chi connectivity index (χ4n) is 2.27. The van der Waals surface area contributed by atoms with Gasteiger partial charge in [0, 0.05) is 19.6 Å². The van der Waals surface area contributed by atoms with Crippen LogP contribution in [-0.4, -0.2) is 45.4 Å². The lowest BCUT2D eigenvalue weighted by molar-refractivity contribution is 0.265. The van der Waals surface area contributed by atoms with E-state index in [2.05, 4.69) is 37.7 Å². The SMILES string of the molecule is CCNCC1CCN(S(=O)(=O)NCC(C)C(C)C)CC1. The third kappa shape index (κ3) is 5.68. The first-order valence-electron chi connectivity index (χ1n) is 7.82. The molecule has 1 fully saturated rings. The highest BCUT2D eigenvalue weighted by atomic mass is 32.2. The van der Waals surface area contributed by atoms with Crippen molar-refractivity contribution in [1.29, 1.82) is 0 Å². The second kappa shape index (κ2) is 8.32. The fourth-order valence-corrected chi connectivity index (χ4v) is 3.61. The van der Waals surface area contributed by atoms with Gasteiger partial charge in [0.2, 0.25) is 0 Å². The van der Waals surface area contributed by atoms with Crippen LogP contribution < -0.4 is 10.0 Å². The van der Waals surface area contributed by atoms with Gasteiger partial charge in [-0.3, -0.25) is 0 Å². The first kappa shape index (κ1) is 17.9. The van der Waals surface area contributed by atoms with E-state index in [4.69, 9.17) is 0 Å². The molecule has 0 aromatic carbocycles. The average molecular weight is 305 g/mol. The Morgan fingerprint density at radius 1 is 1.20 bits per heavy atom. The van der Waals surface area contributed by atoms with Gasteiger partial charge in [0.1, 0.15) is 0 Å². The van der Waals surface area contributed by atoms with Gasteiger partial charge in [0.25, 0.3) is 10.2 Å². The largest absolute Gasteiger partial charge is 0.317 e. The number of nitrogens with one attached hydrogen (secondary N) is 2. The van der Waals surface area contributed by atoms with E-state index < -0.39 is 10.2 Å². The molecule has 1 aliphatic heterocycles. The summed E-state index contributed by atoms with van der Waals surface area (Å²) in [5.41, 5.74) is 0. The second-order valence-corrected chi connectivity index (χ2v) is 7.98. The first-order valence-corrected chi connectivity index (χ1v) is 9.26. The van der Waals surface area contributed by atoms with Gasteiger partial charge in [0.05, 0.1) is 0 Å². The highest BCUT2D eigenvalue weighted by Crippen LogP contribution is 2.18. The van der Waals surface area contributed by atoms with Crippen molar-refractivity contribution in [2.24, 2.45) is 17.8 Å². The molecule has 1 saturated heterocycles. The summed E-state index contributed by atoms with van der Waals surface area (Å²) >= 11 is 0. The summed E-state index contributed by atoms with van der Waals surface area (Å²) in [6, 6.07) is 0. The summed E-state index contributed by atoms with van der Waals surface area (Å²) in [5.74, 6) is 1.45. The van der Waals surface area contributed by atoms with Gasteiger partial charge in [-0.15, -0.1) is 0 Å². The average Bonchev–Trinajstić information content (AvgIpc) is 2.43. The molecule has 0 aromatic heterocycles. The van der Waals surface area contributed by atoms with Gasteiger partial charge in [-0.25, -0.2) is 4.72 Å². The molecule has 1 aliphatic rings. The van der Waals surface area contributed by atoms with Gasteiger partial charge in [-0.2, -0.15) is 12.7 Å². The van der Waals surface area contributed by atoms with Crippen LogP contribution in [0.4, 0.5) is 0 Å². The highest BCUT2D eigenvalue weighted by molar-refractivity contribution is 7.87. The Morgan fingerprint density at radius 2 is 1.80 bits per heavy atom. The Labute approximate surface area is 124 Å². The van der Waals surface area contributed by atoms with Crippen LogP contribution in [-0.2, 0) is 10.2 Å². The van der Waals surface area contributed by atoms with Crippen molar-refractivity contribution >= 4 is 10.2 Å². The Balaban J connectivity index is 2.38. The molecular formula is C14H31N3O2S. The standard InChI is InChI=1S/C14H31N3O2S/c1-5-15-11-14-6-8-17(9-7-14)20(18,19)16-10-13(4)12(2)3/h12-16H,5-11H2,1-4H3. The molecule has 0 aliphatic carbocycles. The number of hydrogen-bond acceptors (Lipinski definition) is 3. The van der Waals surface area contributed by atoms with E-state index in [9.17, 15) is 8.42 Å². The minimum atomic E-state index is -3.29. The number of hydrogen-bond donors (Lipinski definition) is 2. The van der Waals surface area contributed by atoms with E-state index in [0.29, 0.717) is 37.4 Å². The zero-order chi connectivity index (χ0) is 15.2. The van der Waals surface area contributed by atoms with Crippen LogP contribution in [0.3, 0.4) is 0 Å². The van der Waals surface area contributed by atoms with Crippen LogP contribution in [0.2, 0.25) is 0 Å². The quantitative estimate of drug-likeness (QED) is 0.713. The first-order chi connectivity index (χ1) is 9.36. The van der Waals surface area contributed by atoms with Crippen molar-refractivity contribution in [3.63, 3.8) is 0 Å². The van der Waals surface area contributed by atoms with E-state index in [0.717, 1.165) is 25.9 Å². The molecular weight excluding hydrogens is 274 g/mol. The third-order valence-corrected chi connectivity index (χ3v) is 5.90. The zero-order valence-corrected chi connectivity index (χ0v) is 14.2. The lowest BCUT2D eigenvalue weighted by Gasteiger charge is -2.31. The van der Waals surface area contributed by atoms with Gasteiger partial charge < -0.3 is 5.32 Å². The Bertz CT molecular complexity index is 363. The number of nitrogens with zero attached hydrogens (tertiary/aromatic N) is 1. The van der Waals surface area contributed by atoms with Crippen molar-refractivity contribution in [2.75, 3.05) is 32.7 Å². The van der Waals surface area contributed by atoms with Crippen LogP contribution >= 0.6 is 0 Å². The summed E-state index contributed by atoms with van der Waals surface area (Å²) in [6.07, 6.45) is 1.90. The fraction of sp³-hybridized carbons (Fsp3) is 1.00. The predicted octanol–water partition coefficient (Wildman–Crippen LogP) is 1.43. The van der Waals surface area contributed by atoms with Gasteiger partial charge in [0.15, 0.2) is 0 Å². The molecule has 6 heteroatoms. The molecule has 1 atom stereocenters.